The molecular formula is C26H31N7O3. The van der Waals surface area contributed by atoms with E-state index in [4.69, 9.17) is 5.73 Å². The molecule has 4 rings (SSSR count). The Balaban J connectivity index is 1.59. The van der Waals surface area contributed by atoms with Crippen LogP contribution in [0.3, 0.4) is 0 Å². The predicted molar refractivity (Wildman–Crippen MR) is 136 cm³/mol. The zero-order chi connectivity index (χ0) is 26.0. The smallest absolute Gasteiger partial charge is 0.325 e. The fraction of sp³-hybridized carbons (Fsp3) is 0.346. The number of hydrogen-bond donors (Lipinski definition) is 2. The van der Waals surface area contributed by atoms with Crippen LogP contribution >= 0.6 is 0 Å². The number of β-lactam (4-membered cyclic amide) rings is 1. The van der Waals surface area contributed by atoms with Crippen molar-refractivity contribution in [3.63, 3.8) is 0 Å². The topological polar surface area (TPSA) is 126 Å². The van der Waals surface area contributed by atoms with Crippen molar-refractivity contribution in [3.05, 3.63) is 71.5 Å². The molecule has 1 fully saturated rings. The monoisotopic (exact) mass is 489 g/mol. The van der Waals surface area contributed by atoms with Crippen molar-refractivity contribution < 1.29 is 14.4 Å². The van der Waals surface area contributed by atoms with Gasteiger partial charge in [0.2, 0.25) is 5.91 Å². The van der Waals surface area contributed by atoms with Crippen LogP contribution in [0, 0.1) is 12.8 Å². The fourth-order valence-electron chi connectivity index (χ4n) is 4.46. The summed E-state index contributed by atoms with van der Waals surface area (Å²) in [5, 5.41) is 7.23. The number of urea groups is 1. The van der Waals surface area contributed by atoms with Crippen LogP contribution in [0.25, 0.3) is 0 Å². The standard InChI is InChI=1S/C26H31N7O3/c1-5-20(18-8-6-16(2)7-9-18)29-26(36)33-23(25(35)32(4)22-11-13-31(3)30-22)19(24(33)34)14-17-10-12-28-21(27)15-17/h6-13,15,19-20,23H,5,14H2,1-4H3,(H2,27,28)(H,29,36)/t19-,20?,23+/m1/s1. The van der Waals surface area contributed by atoms with E-state index in [2.05, 4.69) is 15.4 Å². The Hall–Kier alpha value is -4.21. The third-order valence-corrected chi connectivity index (χ3v) is 6.55. The van der Waals surface area contributed by atoms with E-state index in [1.807, 2.05) is 38.1 Å². The lowest BCUT2D eigenvalue weighted by Gasteiger charge is -2.45. The van der Waals surface area contributed by atoms with Crippen LogP contribution in [0.1, 0.15) is 36.1 Å². The minimum absolute atomic E-state index is 0.261. The lowest BCUT2D eigenvalue weighted by atomic mass is 9.81. The van der Waals surface area contributed by atoms with E-state index in [9.17, 15) is 14.4 Å². The number of nitrogens with two attached hydrogens (primary N) is 1. The zero-order valence-electron chi connectivity index (χ0n) is 20.9. The number of amides is 4. The largest absolute Gasteiger partial charge is 0.384 e. The van der Waals surface area contributed by atoms with Gasteiger partial charge in [-0.05, 0) is 43.0 Å². The molecule has 0 saturated carbocycles. The van der Waals surface area contributed by atoms with Crippen molar-refractivity contribution in [2.24, 2.45) is 13.0 Å². The van der Waals surface area contributed by atoms with Crippen LogP contribution < -0.4 is 16.0 Å². The highest BCUT2D eigenvalue weighted by Crippen LogP contribution is 2.33. The van der Waals surface area contributed by atoms with E-state index in [1.165, 1.54) is 4.90 Å². The minimum atomic E-state index is -0.977. The van der Waals surface area contributed by atoms with Crippen molar-refractivity contribution in [2.45, 2.75) is 38.8 Å². The number of carbonyl (C=O) groups excluding carboxylic acids is 3. The number of hydrogen-bond acceptors (Lipinski definition) is 6. The second-order valence-electron chi connectivity index (χ2n) is 9.12. The molecule has 2 aromatic heterocycles. The highest BCUT2D eigenvalue weighted by atomic mass is 16.2. The molecule has 0 spiro atoms. The number of aryl methyl sites for hydroxylation is 2. The normalized spacial score (nSPS) is 17.9. The molecule has 1 aliphatic rings. The number of pyridine rings is 1. The first-order valence-electron chi connectivity index (χ1n) is 11.9. The molecular weight excluding hydrogens is 458 g/mol. The summed E-state index contributed by atoms with van der Waals surface area (Å²) in [6.45, 7) is 3.95. The Morgan fingerprint density at radius 2 is 1.92 bits per heavy atom. The number of likely N-dealkylation sites (N-methyl/N-ethyl adjacent to an activating group) is 1. The van der Waals surface area contributed by atoms with Crippen molar-refractivity contribution in [1.29, 1.82) is 0 Å². The summed E-state index contributed by atoms with van der Waals surface area (Å²) in [4.78, 5) is 46.6. The molecule has 10 nitrogen and oxygen atoms in total. The van der Waals surface area contributed by atoms with E-state index >= 15 is 0 Å². The molecule has 3 heterocycles. The van der Waals surface area contributed by atoms with Gasteiger partial charge < -0.3 is 11.1 Å². The molecule has 3 atom stereocenters. The number of nitrogen functional groups attached to an aromatic ring is 1. The van der Waals surface area contributed by atoms with Gasteiger partial charge in [-0.3, -0.25) is 24.1 Å². The molecule has 188 valence electrons. The number of anilines is 2. The van der Waals surface area contributed by atoms with Crippen LogP contribution in [0.4, 0.5) is 16.4 Å². The SMILES string of the molecule is CCC(NC(=O)N1C(=O)[C@H](Cc2ccnc(N)c2)[C@H]1C(=O)N(C)c1ccn(C)n1)c1ccc(C)cc1. The van der Waals surface area contributed by atoms with Crippen LogP contribution in [-0.4, -0.2) is 50.6 Å². The van der Waals surface area contributed by atoms with E-state index in [0.717, 1.165) is 21.6 Å². The average Bonchev–Trinajstić information content (AvgIpc) is 3.30. The molecule has 4 amide bonds. The van der Waals surface area contributed by atoms with Gasteiger partial charge in [0, 0.05) is 32.6 Å². The first kappa shape index (κ1) is 24.9. The van der Waals surface area contributed by atoms with E-state index in [-0.39, 0.29) is 18.4 Å². The number of rotatable bonds is 7. The van der Waals surface area contributed by atoms with Crippen LogP contribution in [0.15, 0.2) is 54.9 Å². The molecule has 0 radical (unpaired) electrons. The molecule has 3 aromatic rings. The minimum Gasteiger partial charge on any atom is -0.384 e. The van der Waals surface area contributed by atoms with Gasteiger partial charge in [-0.2, -0.15) is 5.10 Å². The third kappa shape index (κ3) is 4.93. The van der Waals surface area contributed by atoms with Gasteiger partial charge in [0.1, 0.15) is 11.9 Å². The molecule has 0 bridgehead atoms. The van der Waals surface area contributed by atoms with Gasteiger partial charge in [-0.1, -0.05) is 36.8 Å². The maximum Gasteiger partial charge on any atom is 0.325 e. The molecule has 1 unspecified atom stereocenters. The molecule has 3 N–H and O–H groups in total. The van der Waals surface area contributed by atoms with E-state index in [1.54, 1.807) is 49.4 Å². The average molecular weight is 490 g/mol. The fourth-order valence-corrected chi connectivity index (χ4v) is 4.46. The number of likely N-dealkylation sites (tertiary alicyclic amines) is 1. The Morgan fingerprint density at radius 3 is 2.53 bits per heavy atom. The van der Waals surface area contributed by atoms with Gasteiger partial charge in [-0.15, -0.1) is 0 Å². The first-order chi connectivity index (χ1) is 17.2. The Bertz CT molecular complexity index is 1270. The summed E-state index contributed by atoms with van der Waals surface area (Å²) in [6.07, 6.45) is 4.17. The zero-order valence-corrected chi connectivity index (χ0v) is 20.9. The summed E-state index contributed by atoms with van der Waals surface area (Å²) < 4.78 is 1.58. The number of nitrogens with zero attached hydrogens (tertiary/aromatic N) is 5. The lowest BCUT2D eigenvalue weighted by molar-refractivity contribution is -0.156. The van der Waals surface area contributed by atoms with E-state index in [0.29, 0.717) is 18.1 Å². The van der Waals surface area contributed by atoms with Gasteiger partial charge in [0.05, 0.1) is 12.0 Å². The number of aromatic nitrogens is 3. The van der Waals surface area contributed by atoms with Gasteiger partial charge in [0.25, 0.3) is 5.91 Å². The second kappa shape index (κ2) is 10.2. The number of imide groups is 1. The van der Waals surface area contributed by atoms with Crippen LogP contribution in [0.5, 0.6) is 0 Å². The summed E-state index contributed by atoms with van der Waals surface area (Å²) in [7, 11) is 3.34. The summed E-state index contributed by atoms with van der Waals surface area (Å²) in [5.41, 5.74) is 8.62. The van der Waals surface area contributed by atoms with Crippen molar-refractivity contribution >= 4 is 29.5 Å². The number of benzene rings is 1. The Labute approximate surface area is 210 Å². The van der Waals surface area contributed by atoms with Gasteiger partial charge in [-0.25, -0.2) is 9.78 Å². The number of nitrogens with one attached hydrogen (secondary N) is 1. The summed E-state index contributed by atoms with van der Waals surface area (Å²) >= 11 is 0. The Kier molecular flexibility index (Phi) is 7.05. The molecule has 1 saturated heterocycles. The van der Waals surface area contributed by atoms with Crippen LogP contribution in [0.2, 0.25) is 0 Å². The van der Waals surface area contributed by atoms with E-state index < -0.39 is 23.9 Å². The van der Waals surface area contributed by atoms with Gasteiger partial charge >= 0.3 is 6.03 Å². The number of carbonyl (C=O) groups is 3. The van der Waals surface area contributed by atoms with Crippen molar-refractivity contribution in [1.82, 2.24) is 25.0 Å². The summed E-state index contributed by atoms with van der Waals surface area (Å²) in [6, 6.07) is 11.1. The highest BCUT2D eigenvalue weighted by Gasteiger charge is 2.55. The second-order valence-corrected chi connectivity index (χ2v) is 9.12. The lowest BCUT2D eigenvalue weighted by Crippen LogP contribution is -2.70. The van der Waals surface area contributed by atoms with Crippen LogP contribution in [-0.2, 0) is 23.1 Å². The first-order valence-corrected chi connectivity index (χ1v) is 11.9. The molecule has 36 heavy (non-hydrogen) atoms. The molecule has 1 aliphatic heterocycles. The highest BCUT2D eigenvalue weighted by molar-refractivity contribution is 6.12. The maximum absolute atomic E-state index is 13.6. The summed E-state index contributed by atoms with van der Waals surface area (Å²) in [5.74, 6) is -0.754. The molecule has 1 aromatic carbocycles. The molecule has 10 heteroatoms. The quantitative estimate of drug-likeness (QED) is 0.491. The van der Waals surface area contributed by atoms with Crippen molar-refractivity contribution in [2.75, 3.05) is 17.7 Å². The maximum atomic E-state index is 13.6. The van der Waals surface area contributed by atoms with Gasteiger partial charge in [0.15, 0.2) is 5.82 Å². The Morgan fingerprint density at radius 1 is 1.19 bits per heavy atom. The van der Waals surface area contributed by atoms with Crippen molar-refractivity contribution in [3.8, 4) is 0 Å². The molecule has 0 aliphatic carbocycles. The predicted octanol–water partition coefficient (Wildman–Crippen LogP) is 2.60. The third-order valence-electron chi connectivity index (χ3n) is 6.55.